The number of nitrogens with one attached hydrogen (secondary N) is 1. The van der Waals surface area contributed by atoms with Crippen LogP contribution in [0.3, 0.4) is 0 Å². The van der Waals surface area contributed by atoms with E-state index in [1.807, 2.05) is 97.3 Å². The number of para-hydroxylation sites is 2. The van der Waals surface area contributed by atoms with Gasteiger partial charge in [0, 0.05) is 40.0 Å². The lowest BCUT2D eigenvalue weighted by atomic mass is 10.0. The Labute approximate surface area is 205 Å². The van der Waals surface area contributed by atoms with Crippen LogP contribution in [0.4, 0.5) is 0 Å². The maximum Gasteiger partial charge on any atom is 0.182 e. The molecule has 170 valence electrons. The highest BCUT2D eigenvalue weighted by molar-refractivity contribution is 7.89. The molecule has 0 aliphatic rings. The number of rotatable bonds is 6. The molecule has 0 aliphatic heterocycles. The zero-order valence-corrected chi connectivity index (χ0v) is 19.4. The minimum Gasteiger partial charge on any atom is -0.586 e. The number of ether oxygens (including phenoxy) is 1. The van der Waals surface area contributed by atoms with E-state index in [-0.39, 0.29) is 0 Å². The molecule has 3 heterocycles. The predicted octanol–water partition coefficient (Wildman–Crippen LogP) is 6.46. The molecule has 6 aromatic rings. The van der Waals surface area contributed by atoms with E-state index in [1.165, 1.54) is 4.09 Å². The van der Waals surface area contributed by atoms with Gasteiger partial charge in [-0.2, -0.15) is 0 Å². The Morgan fingerprint density at radius 3 is 2.37 bits per heavy atom. The summed E-state index contributed by atoms with van der Waals surface area (Å²) in [7, 11) is 0. The Balaban J connectivity index is 1.37. The Morgan fingerprint density at radius 2 is 1.54 bits per heavy atom. The van der Waals surface area contributed by atoms with Crippen LogP contribution in [0.1, 0.15) is 0 Å². The van der Waals surface area contributed by atoms with Crippen molar-refractivity contribution in [3.05, 3.63) is 116 Å². The monoisotopic (exact) mass is 476 g/mol. The molecule has 0 fully saturated rings. The van der Waals surface area contributed by atoms with Gasteiger partial charge in [0.15, 0.2) is 4.90 Å². The zero-order valence-electron chi connectivity index (χ0n) is 18.5. The van der Waals surface area contributed by atoms with E-state index < -0.39 is 11.4 Å². The summed E-state index contributed by atoms with van der Waals surface area (Å²) in [6.45, 7) is 0. The van der Waals surface area contributed by atoms with Gasteiger partial charge in [-0.25, -0.2) is 4.98 Å². The molecule has 1 unspecified atom stereocenters. The SMILES string of the molecule is [O-][S+](c1ccccc1)n1cc(-c2c[nH]c3ncc(-c4ccccc4Oc4ccccc4)cc23)cn1. The van der Waals surface area contributed by atoms with Gasteiger partial charge in [0.05, 0.1) is 12.4 Å². The molecule has 6 rings (SSSR count). The summed E-state index contributed by atoms with van der Waals surface area (Å²) in [5, 5.41) is 5.31. The number of pyridine rings is 1. The first-order valence-corrected chi connectivity index (χ1v) is 12.2. The lowest BCUT2D eigenvalue weighted by molar-refractivity contribution is 0.484. The Bertz CT molecular complexity index is 1600. The van der Waals surface area contributed by atoms with Gasteiger partial charge in [0.2, 0.25) is 0 Å². The smallest absolute Gasteiger partial charge is 0.182 e. The second-order valence-corrected chi connectivity index (χ2v) is 9.27. The molecule has 0 radical (unpaired) electrons. The highest BCUT2D eigenvalue weighted by Crippen LogP contribution is 2.36. The molecule has 1 atom stereocenters. The Morgan fingerprint density at radius 1 is 0.800 bits per heavy atom. The standard InChI is InChI=1S/C28H20N4O2S/c33-35(23-11-5-2-6-12-23)32-19-21(17-31-32)26-18-30-28-25(26)15-20(16-29-28)24-13-7-8-14-27(24)34-22-9-3-1-4-10-22/h1-19H,(H,29,30). The molecule has 3 aromatic heterocycles. The van der Waals surface area contributed by atoms with Gasteiger partial charge in [-0.3, -0.25) is 0 Å². The summed E-state index contributed by atoms with van der Waals surface area (Å²) >= 11 is -1.41. The van der Waals surface area contributed by atoms with Gasteiger partial charge >= 0.3 is 0 Å². The molecule has 0 saturated carbocycles. The van der Waals surface area contributed by atoms with Crippen molar-refractivity contribution >= 4 is 22.4 Å². The molecule has 0 spiro atoms. The maximum absolute atomic E-state index is 12.9. The summed E-state index contributed by atoms with van der Waals surface area (Å²) < 4.78 is 20.5. The first kappa shape index (κ1) is 21.2. The van der Waals surface area contributed by atoms with E-state index in [0.717, 1.165) is 44.8 Å². The number of aromatic amines is 1. The molecule has 0 bridgehead atoms. The van der Waals surface area contributed by atoms with Crippen molar-refractivity contribution in [3.63, 3.8) is 0 Å². The summed E-state index contributed by atoms with van der Waals surface area (Å²) in [5.74, 6) is 1.53. The summed E-state index contributed by atoms with van der Waals surface area (Å²) in [4.78, 5) is 8.57. The van der Waals surface area contributed by atoms with Crippen LogP contribution in [0.25, 0.3) is 33.3 Å². The van der Waals surface area contributed by atoms with Crippen LogP contribution < -0.4 is 4.74 Å². The van der Waals surface area contributed by atoms with Gasteiger partial charge in [-0.1, -0.05) is 58.7 Å². The maximum atomic E-state index is 12.9. The normalized spacial score (nSPS) is 12.0. The minimum absolute atomic E-state index is 0.694. The number of nitrogens with zero attached hydrogens (tertiary/aromatic N) is 3. The average Bonchev–Trinajstić information content (AvgIpc) is 3.57. The van der Waals surface area contributed by atoms with Crippen molar-refractivity contribution in [2.24, 2.45) is 0 Å². The summed E-state index contributed by atoms with van der Waals surface area (Å²) in [5.41, 5.74) is 4.44. The second-order valence-electron chi connectivity index (χ2n) is 7.93. The predicted molar refractivity (Wildman–Crippen MR) is 138 cm³/mol. The van der Waals surface area contributed by atoms with Crippen LogP contribution >= 0.6 is 0 Å². The van der Waals surface area contributed by atoms with Crippen molar-refractivity contribution in [1.29, 1.82) is 0 Å². The van der Waals surface area contributed by atoms with Crippen molar-refractivity contribution in [2.75, 3.05) is 0 Å². The number of fused-ring (bicyclic) bond motifs is 1. The van der Waals surface area contributed by atoms with Gasteiger partial charge in [0.25, 0.3) is 0 Å². The first-order valence-electron chi connectivity index (χ1n) is 11.1. The zero-order chi connectivity index (χ0) is 23.6. The molecular weight excluding hydrogens is 456 g/mol. The lowest BCUT2D eigenvalue weighted by Crippen LogP contribution is -2.13. The van der Waals surface area contributed by atoms with Crippen LogP contribution in [0.15, 0.2) is 121 Å². The topological polar surface area (TPSA) is 78.8 Å². The van der Waals surface area contributed by atoms with E-state index in [0.29, 0.717) is 4.90 Å². The number of H-pyrrole nitrogens is 1. The fraction of sp³-hybridized carbons (Fsp3) is 0. The highest BCUT2D eigenvalue weighted by Gasteiger charge is 2.18. The van der Waals surface area contributed by atoms with Crippen molar-refractivity contribution < 1.29 is 9.29 Å². The Hall–Kier alpha value is -4.33. The number of aromatic nitrogens is 4. The Kier molecular flexibility index (Phi) is 5.54. The van der Waals surface area contributed by atoms with E-state index in [2.05, 4.69) is 21.1 Å². The van der Waals surface area contributed by atoms with Crippen molar-refractivity contribution in [3.8, 4) is 33.8 Å². The molecule has 35 heavy (non-hydrogen) atoms. The lowest BCUT2D eigenvalue weighted by Gasteiger charge is -2.11. The molecule has 1 N–H and O–H groups in total. The fourth-order valence-corrected chi connectivity index (χ4v) is 4.93. The van der Waals surface area contributed by atoms with Crippen molar-refractivity contribution in [2.45, 2.75) is 4.90 Å². The third-order valence-corrected chi connectivity index (χ3v) is 6.90. The molecule has 0 saturated heterocycles. The highest BCUT2D eigenvalue weighted by atomic mass is 32.2. The van der Waals surface area contributed by atoms with Gasteiger partial charge in [-0.15, -0.1) is 5.10 Å². The third-order valence-electron chi connectivity index (χ3n) is 5.69. The fourth-order valence-electron chi connectivity index (χ4n) is 3.98. The number of hydrogen-bond donors (Lipinski definition) is 1. The minimum atomic E-state index is -1.41. The van der Waals surface area contributed by atoms with Gasteiger partial charge in [-0.05, 0) is 36.4 Å². The first-order chi connectivity index (χ1) is 17.3. The number of hydrogen-bond acceptors (Lipinski definition) is 4. The quantitative estimate of drug-likeness (QED) is 0.280. The average molecular weight is 477 g/mol. The summed E-state index contributed by atoms with van der Waals surface area (Å²) in [6, 6.07) is 29.0. The molecule has 0 amide bonds. The van der Waals surface area contributed by atoms with Crippen molar-refractivity contribution in [1.82, 2.24) is 19.2 Å². The number of benzene rings is 3. The van der Waals surface area contributed by atoms with E-state index in [4.69, 9.17) is 4.74 Å². The molecule has 0 aliphatic carbocycles. The van der Waals surface area contributed by atoms with Crippen LogP contribution in [0.5, 0.6) is 11.5 Å². The van der Waals surface area contributed by atoms with E-state index in [1.54, 1.807) is 12.4 Å². The van der Waals surface area contributed by atoms with E-state index in [9.17, 15) is 4.55 Å². The van der Waals surface area contributed by atoms with Crippen LogP contribution in [-0.2, 0) is 11.4 Å². The summed E-state index contributed by atoms with van der Waals surface area (Å²) in [6.07, 6.45) is 7.26. The second kappa shape index (κ2) is 9.13. The molecule has 6 nitrogen and oxygen atoms in total. The van der Waals surface area contributed by atoms with Gasteiger partial charge in [0.1, 0.15) is 28.5 Å². The third kappa shape index (κ3) is 4.19. The van der Waals surface area contributed by atoms with Crippen LogP contribution in [-0.4, -0.2) is 23.7 Å². The van der Waals surface area contributed by atoms with Crippen LogP contribution in [0, 0.1) is 0 Å². The van der Waals surface area contributed by atoms with Crippen LogP contribution in [0.2, 0.25) is 0 Å². The molecule has 7 heteroatoms. The van der Waals surface area contributed by atoms with Gasteiger partial charge < -0.3 is 14.3 Å². The largest absolute Gasteiger partial charge is 0.586 e. The van der Waals surface area contributed by atoms with E-state index >= 15 is 0 Å². The molecule has 3 aromatic carbocycles. The molecular formula is C28H20N4O2S.